The zero-order valence-corrected chi connectivity index (χ0v) is 11.9. The molecule has 2 bridgehead atoms. The Kier molecular flexibility index (Phi) is 6.14. The van der Waals surface area contributed by atoms with E-state index in [4.69, 9.17) is 11.6 Å². The van der Waals surface area contributed by atoms with Gasteiger partial charge in [0.25, 0.3) is 0 Å². The summed E-state index contributed by atoms with van der Waals surface area (Å²) >= 11 is 6.56. The van der Waals surface area contributed by atoms with Crippen molar-refractivity contribution >= 4 is 11.6 Å². The van der Waals surface area contributed by atoms with E-state index < -0.39 is 0 Å². The first-order valence-electron chi connectivity index (χ1n) is 7.74. The molecule has 2 heteroatoms. The molecule has 0 aromatic carbocycles. The molecule has 2 fully saturated rings. The Morgan fingerprint density at radius 3 is 2.12 bits per heavy atom. The highest BCUT2D eigenvalue weighted by Gasteiger charge is 2.20. The summed E-state index contributed by atoms with van der Waals surface area (Å²) in [6.45, 7) is 2.49. The largest absolute Gasteiger partial charge is 0.287 e. The average molecular weight is 258 g/mol. The van der Waals surface area contributed by atoms with E-state index >= 15 is 0 Å². The highest BCUT2D eigenvalue weighted by Crippen LogP contribution is 2.27. The first-order valence-corrected chi connectivity index (χ1v) is 8.18. The molecule has 0 radical (unpaired) electrons. The van der Waals surface area contributed by atoms with Crippen LogP contribution in [0.3, 0.4) is 0 Å². The van der Waals surface area contributed by atoms with Crippen molar-refractivity contribution in [2.75, 3.05) is 13.1 Å². The fraction of sp³-hybridized carbons (Fsp3) is 1.00. The lowest BCUT2D eigenvalue weighted by molar-refractivity contribution is 0.195. The summed E-state index contributed by atoms with van der Waals surface area (Å²) in [6, 6.07) is 0. The number of hydrogen-bond donors (Lipinski definition) is 0. The lowest BCUT2D eigenvalue weighted by atomic mass is 9.90. The smallest absolute Gasteiger partial charge is 0.0850 e. The molecule has 0 aliphatic carbocycles. The van der Waals surface area contributed by atoms with E-state index in [1.807, 2.05) is 0 Å². The van der Waals surface area contributed by atoms with Crippen LogP contribution in [0, 0.1) is 5.92 Å². The van der Waals surface area contributed by atoms with E-state index in [9.17, 15) is 0 Å². The second kappa shape index (κ2) is 7.63. The Balaban J connectivity index is 1.95. The molecule has 3 atom stereocenters. The van der Waals surface area contributed by atoms with Gasteiger partial charge in [-0.25, -0.2) is 0 Å². The summed E-state index contributed by atoms with van der Waals surface area (Å²) < 4.78 is 0. The molecule has 0 spiro atoms. The summed E-state index contributed by atoms with van der Waals surface area (Å²) in [5, 5.41) is 0. The van der Waals surface area contributed by atoms with Gasteiger partial charge in [-0.3, -0.25) is 4.90 Å². The number of halogens is 1. The van der Waals surface area contributed by atoms with E-state index in [-0.39, 0.29) is 0 Å². The van der Waals surface area contributed by atoms with Crippen LogP contribution in [0.2, 0.25) is 0 Å². The highest BCUT2D eigenvalue weighted by atomic mass is 35.5. The molecule has 0 aromatic heterocycles. The maximum atomic E-state index is 6.56. The maximum absolute atomic E-state index is 6.56. The number of hydrogen-bond acceptors (Lipinski definition) is 1. The van der Waals surface area contributed by atoms with Gasteiger partial charge in [0.1, 0.15) is 0 Å². The van der Waals surface area contributed by atoms with Gasteiger partial charge in [-0.2, -0.15) is 0 Å². The van der Waals surface area contributed by atoms with Gasteiger partial charge in [0.2, 0.25) is 0 Å². The van der Waals surface area contributed by atoms with Gasteiger partial charge < -0.3 is 0 Å². The molecule has 2 saturated heterocycles. The molecule has 0 aromatic rings. The molecular formula is C15H28ClN. The molecule has 0 saturated carbocycles. The number of alkyl halides is 1. The third kappa shape index (κ3) is 4.79. The number of nitrogens with zero attached hydrogens (tertiary/aromatic N) is 1. The van der Waals surface area contributed by atoms with Gasteiger partial charge in [0, 0.05) is 0 Å². The summed E-state index contributed by atoms with van der Waals surface area (Å²) in [5.74, 6) is 0.984. The fourth-order valence-corrected chi connectivity index (χ4v) is 3.73. The van der Waals surface area contributed by atoms with Crippen molar-refractivity contribution in [3.8, 4) is 0 Å². The van der Waals surface area contributed by atoms with Crippen LogP contribution in [-0.2, 0) is 0 Å². The van der Waals surface area contributed by atoms with Crippen LogP contribution in [0.4, 0.5) is 0 Å². The zero-order chi connectivity index (χ0) is 11.9. The van der Waals surface area contributed by atoms with E-state index in [2.05, 4.69) is 4.90 Å². The van der Waals surface area contributed by atoms with Crippen LogP contribution < -0.4 is 0 Å². The molecule has 0 amide bonds. The highest BCUT2D eigenvalue weighted by molar-refractivity contribution is 6.20. The molecule has 2 aliphatic rings. The van der Waals surface area contributed by atoms with Crippen LogP contribution in [-0.4, -0.2) is 23.5 Å². The summed E-state index contributed by atoms with van der Waals surface area (Å²) in [5.41, 5.74) is 0.313. The predicted octanol–water partition coefficient (Wildman–Crippen LogP) is 4.79. The van der Waals surface area contributed by atoms with Crippen molar-refractivity contribution in [2.24, 2.45) is 5.92 Å². The molecule has 1 nitrogen and oxygen atoms in total. The normalized spacial score (nSPS) is 37.6. The first-order chi connectivity index (χ1) is 8.36. The zero-order valence-electron chi connectivity index (χ0n) is 11.2. The van der Waals surface area contributed by atoms with Crippen molar-refractivity contribution in [1.82, 2.24) is 4.90 Å². The second-order valence-corrected chi connectivity index (χ2v) is 6.47. The molecule has 100 valence electrons. The Morgan fingerprint density at radius 2 is 1.29 bits per heavy atom. The van der Waals surface area contributed by atoms with Crippen molar-refractivity contribution in [2.45, 2.75) is 76.1 Å². The van der Waals surface area contributed by atoms with Gasteiger partial charge in [0.15, 0.2) is 0 Å². The molecule has 17 heavy (non-hydrogen) atoms. The van der Waals surface area contributed by atoms with Crippen molar-refractivity contribution < 1.29 is 0 Å². The van der Waals surface area contributed by atoms with Gasteiger partial charge in [0.05, 0.1) is 5.50 Å². The molecule has 3 unspecified atom stereocenters. The lowest BCUT2D eigenvalue weighted by Gasteiger charge is -2.31. The third-order valence-electron chi connectivity index (χ3n) is 4.58. The Labute approximate surface area is 112 Å². The minimum Gasteiger partial charge on any atom is -0.287 e. The van der Waals surface area contributed by atoms with E-state index in [1.54, 1.807) is 0 Å². The van der Waals surface area contributed by atoms with Gasteiger partial charge in [-0.1, -0.05) is 51.4 Å². The monoisotopic (exact) mass is 257 g/mol. The molecule has 0 N–H and O–H groups in total. The Bertz CT molecular complexity index is 205. The molecule has 2 aliphatic heterocycles. The number of fused-ring (bicyclic) bond motifs is 3. The van der Waals surface area contributed by atoms with Crippen LogP contribution in [0.25, 0.3) is 0 Å². The summed E-state index contributed by atoms with van der Waals surface area (Å²) in [6.07, 6.45) is 15.4. The summed E-state index contributed by atoms with van der Waals surface area (Å²) in [4.78, 5) is 2.56. The van der Waals surface area contributed by atoms with Crippen LogP contribution in [0.15, 0.2) is 0 Å². The van der Waals surface area contributed by atoms with Gasteiger partial charge >= 0.3 is 0 Å². The van der Waals surface area contributed by atoms with Gasteiger partial charge in [-0.05, 0) is 38.3 Å². The number of rotatable bonds is 0. The van der Waals surface area contributed by atoms with Crippen LogP contribution in [0.5, 0.6) is 0 Å². The maximum Gasteiger partial charge on any atom is 0.0850 e. The molecule has 2 rings (SSSR count). The minimum absolute atomic E-state index is 0.313. The van der Waals surface area contributed by atoms with Crippen molar-refractivity contribution in [1.29, 1.82) is 0 Å². The SMILES string of the molecule is ClC1CCCCCC2CCCCCCN1CC2. The van der Waals surface area contributed by atoms with E-state index in [0.29, 0.717) is 5.50 Å². The van der Waals surface area contributed by atoms with Crippen molar-refractivity contribution in [3.63, 3.8) is 0 Å². The van der Waals surface area contributed by atoms with E-state index in [1.165, 1.54) is 83.7 Å². The average Bonchev–Trinajstić information content (AvgIpc) is 2.36. The van der Waals surface area contributed by atoms with Crippen LogP contribution in [0.1, 0.15) is 70.6 Å². The third-order valence-corrected chi connectivity index (χ3v) is 5.08. The van der Waals surface area contributed by atoms with Crippen LogP contribution >= 0.6 is 11.6 Å². The second-order valence-electron chi connectivity index (χ2n) is 5.97. The van der Waals surface area contributed by atoms with Crippen molar-refractivity contribution in [3.05, 3.63) is 0 Å². The van der Waals surface area contributed by atoms with Gasteiger partial charge in [-0.15, -0.1) is 11.6 Å². The summed E-state index contributed by atoms with van der Waals surface area (Å²) in [7, 11) is 0. The minimum atomic E-state index is 0.313. The Hall–Kier alpha value is 0.250. The molecular weight excluding hydrogens is 230 g/mol. The fourth-order valence-electron chi connectivity index (χ4n) is 3.38. The standard InChI is InChI=1S/C15H28ClN/c16-15-10-6-3-5-9-14-8-4-1-2-7-12-17(15)13-11-14/h14-15H,1-13H2. The first kappa shape index (κ1) is 13.7. The predicted molar refractivity (Wildman–Crippen MR) is 75.5 cm³/mol. The quantitative estimate of drug-likeness (QED) is 0.446. The Morgan fingerprint density at radius 1 is 0.647 bits per heavy atom. The molecule has 2 heterocycles. The lowest BCUT2D eigenvalue weighted by Crippen LogP contribution is -2.35. The van der Waals surface area contributed by atoms with E-state index in [0.717, 1.165) is 5.92 Å². The topological polar surface area (TPSA) is 3.24 Å².